The van der Waals surface area contributed by atoms with Gasteiger partial charge in [-0.25, -0.2) is 9.59 Å². The molecule has 0 saturated carbocycles. The van der Waals surface area contributed by atoms with Crippen molar-refractivity contribution in [2.45, 2.75) is 108 Å². The van der Waals surface area contributed by atoms with Gasteiger partial charge in [0.1, 0.15) is 12.2 Å². The van der Waals surface area contributed by atoms with E-state index in [1.165, 1.54) is 23.9 Å². The molecule has 3 rings (SSSR count). The zero-order valence-electron chi connectivity index (χ0n) is 23.4. The Labute approximate surface area is 214 Å². The van der Waals surface area contributed by atoms with E-state index in [0.29, 0.717) is 0 Å². The highest BCUT2D eigenvalue weighted by atomic mass is 28.4. The Kier molecular flexibility index (Phi) is 7.50. The van der Waals surface area contributed by atoms with E-state index in [4.69, 9.17) is 23.1 Å². The van der Waals surface area contributed by atoms with Crippen LogP contribution in [0.3, 0.4) is 0 Å². The Morgan fingerprint density at radius 3 is 2.17 bits per heavy atom. The Morgan fingerprint density at radius 2 is 1.67 bits per heavy atom. The van der Waals surface area contributed by atoms with Crippen molar-refractivity contribution in [3.8, 4) is 0 Å². The number of ether oxygens (including phenoxy) is 3. The molecule has 36 heavy (non-hydrogen) atoms. The standard InChI is InChI=1S/C24H42N2O8Si2/c1-22(2,3)35(8,9)31-14-15-24(18(33-24)20(28)30-7)17(34-36(10,11)23(4,5)6)19(32-15)26-13-12-16(27)25-21(26)29/h12-13,15,17-19H,14H2,1-11H3,(H,25,27,29). The number of nitrogens with one attached hydrogen (secondary N) is 1. The number of nitrogens with zero attached hydrogens (tertiary/aromatic N) is 1. The van der Waals surface area contributed by atoms with Crippen LogP contribution in [0.15, 0.2) is 21.9 Å². The monoisotopic (exact) mass is 542 g/mol. The number of aromatic amines is 1. The molecular weight excluding hydrogens is 500 g/mol. The van der Waals surface area contributed by atoms with Gasteiger partial charge in [0.25, 0.3) is 5.56 Å². The fourth-order valence-electron chi connectivity index (χ4n) is 3.88. The lowest BCUT2D eigenvalue weighted by Crippen LogP contribution is -2.53. The Bertz CT molecular complexity index is 1100. The van der Waals surface area contributed by atoms with E-state index in [9.17, 15) is 14.4 Å². The summed E-state index contributed by atoms with van der Waals surface area (Å²) in [5.41, 5.74) is -2.34. The van der Waals surface area contributed by atoms with Crippen LogP contribution in [0.2, 0.25) is 36.3 Å². The van der Waals surface area contributed by atoms with E-state index < -0.39 is 64.0 Å². The first-order valence-corrected chi connectivity index (χ1v) is 18.1. The lowest BCUT2D eigenvalue weighted by atomic mass is 9.94. The molecule has 2 aliphatic rings. The molecule has 3 heterocycles. The zero-order chi connectivity index (χ0) is 27.5. The summed E-state index contributed by atoms with van der Waals surface area (Å²) in [6.45, 7) is 21.3. The molecule has 0 aliphatic carbocycles. The molecule has 0 bridgehead atoms. The van der Waals surface area contributed by atoms with Crippen molar-refractivity contribution in [2.24, 2.45) is 0 Å². The molecule has 2 aliphatic heterocycles. The Balaban J connectivity index is 2.10. The number of hydrogen-bond acceptors (Lipinski definition) is 8. The minimum Gasteiger partial charge on any atom is -0.467 e. The first-order chi connectivity index (χ1) is 16.3. The first-order valence-electron chi connectivity index (χ1n) is 12.3. The average molecular weight is 543 g/mol. The summed E-state index contributed by atoms with van der Waals surface area (Å²) in [6.07, 6.45) is -1.98. The summed E-state index contributed by atoms with van der Waals surface area (Å²) in [5.74, 6) is -0.533. The second-order valence-electron chi connectivity index (χ2n) is 12.8. The summed E-state index contributed by atoms with van der Waals surface area (Å²) in [6, 6.07) is 1.26. The fourth-order valence-corrected chi connectivity index (χ4v) is 6.17. The summed E-state index contributed by atoms with van der Waals surface area (Å²) >= 11 is 0. The topological polar surface area (TPSA) is 121 Å². The van der Waals surface area contributed by atoms with Crippen LogP contribution in [-0.4, -0.2) is 69.8 Å². The Morgan fingerprint density at radius 1 is 1.08 bits per heavy atom. The number of rotatable bonds is 7. The predicted octanol–water partition coefficient (Wildman–Crippen LogP) is 3.16. The van der Waals surface area contributed by atoms with Gasteiger partial charge >= 0.3 is 11.7 Å². The van der Waals surface area contributed by atoms with Crippen LogP contribution in [0.5, 0.6) is 0 Å². The lowest BCUT2D eigenvalue weighted by Gasteiger charge is -2.40. The lowest BCUT2D eigenvalue weighted by molar-refractivity contribution is -0.142. The number of esters is 1. The molecule has 1 aromatic rings. The summed E-state index contributed by atoms with van der Waals surface area (Å²) in [5, 5.41) is -0.211. The molecule has 204 valence electrons. The molecule has 1 N–H and O–H groups in total. The van der Waals surface area contributed by atoms with Crippen LogP contribution < -0.4 is 11.2 Å². The Hall–Kier alpha value is -1.58. The van der Waals surface area contributed by atoms with Gasteiger partial charge in [-0.1, -0.05) is 41.5 Å². The van der Waals surface area contributed by atoms with E-state index in [-0.39, 0.29) is 16.7 Å². The van der Waals surface area contributed by atoms with Crippen LogP contribution in [-0.2, 0) is 27.9 Å². The highest BCUT2D eigenvalue weighted by Gasteiger charge is 2.77. The number of hydrogen-bond donors (Lipinski definition) is 1. The molecule has 2 saturated heterocycles. The van der Waals surface area contributed by atoms with Gasteiger partial charge in [0.2, 0.25) is 0 Å². The van der Waals surface area contributed by atoms with Gasteiger partial charge in [0.15, 0.2) is 34.6 Å². The van der Waals surface area contributed by atoms with Crippen molar-refractivity contribution in [1.82, 2.24) is 9.55 Å². The molecule has 5 unspecified atom stereocenters. The van der Waals surface area contributed by atoms with Gasteiger partial charge in [0, 0.05) is 12.3 Å². The van der Waals surface area contributed by atoms with Crippen molar-refractivity contribution < 1.29 is 27.9 Å². The molecule has 0 radical (unpaired) electrons. The normalized spacial score (nSPS) is 29.0. The number of methoxy groups -OCH3 is 1. The SMILES string of the molecule is COC(=O)C1OC12C(CO[Si](C)(C)C(C)(C)C)OC(n1ccc(=O)[nH]c1=O)C2O[Si](C)(C)C(C)(C)C. The van der Waals surface area contributed by atoms with Gasteiger partial charge in [-0.3, -0.25) is 14.3 Å². The second kappa shape index (κ2) is 9.31. The highest BCUT2D eigenvalue weighted by Crippen LogP contribution is 2.56. The molecule has 2 fully saturated rings. The van der Waals surface area contributed by atoms with Crippen LogP contribution in [0.25, 0.3) is 0 Å². The van der Waals surface area contributed by atoms with E-state index in [0.717, 1.165) is 0 Å². The zero-order valence-corrected chi connectivity index (χ0v) is 25.4. The van der Waals surface area contributed by atoms with Gasteiger partial charge in [-0.15, -0.1) is 0 Å². The minimum atomic E-state index is -2.45. The van der Waals surface area contributed by atoms with E-state index >= 15 is 0 Å². The van der Waals surface area contributed by atoms with Crippen LogP contribution >= 0.6 is 0 Å². The van der Waals surface area contributed by atoms with Gasteiger partial charge < -0.3 is 23.1 Å². The first kappa shape index (κ1) is 29.0. The van der Waals surface area contributed by atoms with E-state index in [1.807, 2.05) is 0 Å². The largest absolute Gasteiger partial charge is 0.467 e. The molecule has 0 aromatic carbocycles. The van der Waals surface area contributed by atoms with E-state index in [2.05, 4.69) is 72.7 Å². The second-order valence-corrected chi connectivity index (χ2v) is 22.3. The van der Waals surface area contributed by atoms with Gasteiger partial charge in [-0.05, 0) is 36.3 Å². The van der Waals surface area contributed by atoms with Crippen LogP contribution in [0.1, 0.15) is 47.8 Å². The molecular formula is C24H42N2O8Si2. The molecule has 1 aromatic heterocycles. The van der Waals surface area contributed by atoms with Gasteiger partial charge in [0.05, 0.1) is 13.7 Å². The third-order valence-electron chi connectivity index (χ3n) is 8.36. The third-order valence-corrected chi connectivity index (χ3v) is 17.3. The maximum absolute atomic E-state index is 12.8. The van der Waals surface area contributed by atoms with Crippen molar-refractivity contribution in [3.63, 3.8) is 0 Å². The highest BCUT2D eigenvalue weighted by molar-refractivity contribution is 6.74. The number of carbonyl (C=O) groups excluding carboxylic acids is 1. The van der Waals surface area contributed by atoms with Crippen molar-refractivity contribution in [2.75, 3.05) is 13.7 Å². The smallest absolute Gasteiger partial charge is 0.338 e. The predicted molar refractivity (Wildman–Crippen MR) is 140 cm³/mol. The third kappa shape index (κ3) is 5.08. The minimum absolute atomic E-state index is 0.0444. The molecule has 0 amide bonds. The summed E-state index contributed by atoms with van der Waals surface area (Å²) in [4.78, 5) is 39.6. The number of aromatic nitrogens is 2. The number of carbonyl (C=O) groups is 1. The van der Waals surface area contributed by atoms with Crippen molar-refractivity contribution in [1.29, 1.82) is 0 Å². The summed E-state index contributed by atoms with van der Waals surface area (Å²) in [7, 11) is -3.32. The van der Waals surface area contributed by atoms with Crippen molar-refractivity contribution in [3.05, 3.63) is 33.1 Å². The maximum atomic E-state index is 12.8. The fraction of sp³-hybridized carbons (Fsp3) is 0.792. The number of H-pyrrole nitrogens is 1. The molecule has 1 spiro atoms. The molecule has 5 atom stereocenters. The van der Waals surface area contributed by atoms with Crippen LogP contribution in [0, 0.1) is 0 Å². The summed E-state index contributed by atoms with van der Waals surface area (Å²) < 4.78 is 32.2. The van der Waals surface area contributed by atoms with E-state index in [1.54, 1.807) is 0 Å². The van der Waals surface area contributed by atoms with Crippen LogP contribution in [0.4, 0.5) is 0 Å². The number of epoxide rings is 1. The quantitative estimate of drug-likeness (QED) is 0.317. The average Bonchev–Trinajstić information content (AvgIpc) is 3.40. The van der Waals surface area contributed by atoms with Gasteiger partial charge in [-0.2, -0.15) is 0 Å². The molecule has 12 heteroatoms. The maximum Gasteiger partial charge on any atom is 0.338 e. The van der Waals surface area contributed by atoms with Crippen molar-refractivity contribution >= 4 is 22.6 Å². The molecule has 10 nitrogen and oxygen atoms in total.